The van der Waals surface area contributed by atoms with Gasteiger partial charge in [-0.3, -0.25) is 10.1 Å². The summed E-state index contributed by atoms with van der Waals surface area (Å²) in [5.41, 5.74) is 0.000572. The first kappa shape index (κ1) is 18.1. The molecule has 0 heterocycles. The Morgan fingerprint density at radius 3 is 2.33 bits per heavy atom. The average Bonchev–Trinajstić information content (AvgIpc) is 2.45. The van der Waals surface area contributed by atoms with Crippen LogP contribution in [-0.4, -0.2) is 11.3 Å². The third kappa shape index (κ3) is 4.17. The molecule has 2 aromatic rings. The Labute approximate surface area is 141 Å². The fraction of sp³-hybridized carbons (Fsp3) is 0.250. The summed E-state index contributed by atoms with van der Waals surface area (Å²) in [6.07, 6.45) is -4.79. The topological polar surface area (TPSA) is 52.4 Å². The van der Waals surface area contributed by atoms with E-state index in [0.29, 0.717) is 11.1 Å². The van der Waals surface area contributed by atoms with Crippen molar-refractivity contribution in [1.29, 1.82) is 0 Å². The molecule has 4 nitrogen and oxygen atoms in total. The molecule has 0 N–H and O–H groups in total. The molecule has 0 bridgehead atoms. The SMILES string of the molecule is CC(C)(c1cccc(OC(F)(F)F)c1)c1cc(Cl)cc([N+](=O)[O-])c1. The number of nitro groups is 1. The predicted octanol–water partition coefficient (Wildman–Crippen LogP) is 5.47. The van der Waals surface area contributed by atoms with Crippen molar-refractivity contribution in [1.82, 2.24) is 0 Å². The minimum absolute atomic E-state index is 0.176. The summed E-state index contributed by atoms with van der Waals surface area (Å²) >= 11 is 5.93. The number of halogens is 4. The third-order valence-electron chi connectivity index (χ3n) is 3.60. The third-order valence-corrected chi connectivity index (χ3v) is 3.82. The molecule has 0 saturated carbocycles. The van der Waals surface area contributed by atoms with E-state index in [1.54, 1.807) is 26.0 Å². The molecule has 2 rings (SSSR count). The molecule has 0 aromatic heterocycles. The van der Waals surface area contributed by atoms with Gasteiger partial charge in [0.25, 0.3) is 5.69 Å². The smallest absolute Gasteiger partial charge is 0.406 e. The molecule has 2 aromatic carbocycles. The number of hydrogen-bond acceptors (Lipinski definition) is 3. The second kappa shape index (κ2) is 6.32. The van der Waals surface area contributed by atoms with Crippen molar-refractivity contribution in [3.8, 4) is 5.75 Å². The predicted molar refractivity (Wildman–Crippen MR) is 83.4 cm³/mol. The van der Waals surface area contributed by atoms with E-state index in [2.05, 4.69) is 4.74 Å². The van der Waals surface area contributed by atoms with Crippen LogP contribution in [0.15, 0.2) is 42.5 Å². The number of rotatable bonds is 4. The van der Waals surface area contributed by atoms with Crippen LogP contribution in [0.3, 0.4) is 0 Å². The highest BCUT2D eigenvalue weighted by molar-refractivity contribution is 6.30. The summed E-state index contributed by atoms with van der Waals surface area (Å²) in [4.78, 5) is 10.4. The lowest BCUT2D eigenvalue weighted by Crippen LogP contribution is -2.21. The van der Waals surface area contributed by atoms with Gasteiger partial charge in [0.1, 0.15) is 5.75 Å². The number of ether oxygens (including phenoxy) is 1. The van der Waals surface area contributed by atoms with Crippen molar-refractivity contribution in [3.63, 3.8) is 0 Å². The first-order chi connectivity index (χ1) is 11.0. The average molecular weight is 360 g/mol. The Balaban J connectivity index is 2.47. The Hall–Kier alpha value is -2.28. The van der Waals surface area contributed by atoms with Crippen molar-refractivity contribution >= 4 is 17.3 Å². The van der Waals surface area contributed by atoms with Gasteiger partial charge in [0.05, 0.1) is 4.92 Å². The van der Waals surface area contributed by atoms with Gasteiger partial charge in [-0.15, -0.1) is 13.2 Å². The summed E-state index contributed by atoms with van der Waals surface area (Å²) in [7, 11) is 0. The van der Waals surface area contributed by atoms with E-state index in [9.17, 15) is 23.3 Å². The molecule has 8 heteroatoms. The Morgan fingerprint density at radius 1 is 1.08 bits per heavy atom. The maximum absolute atomic E-state index is 12.4. The van der Waals surface area contributed by atoms with Gasteiger partial charge in [-0.2, -0.15) is 0 Å². The minimum Gasteiger partial charge on any atom is -0.406 e. The van der Waals surface area contributed by atoms with Crippen LogP contribution >= 0.6 is 11.6 Å². The highest BCUT2D eigenvalue weighted by atomic mass is 35.5. The molecule has 0 aliphatic carbocycles. The molecule has 0 fully saturated rings. The molecule has 0 aliphatic heterocycles. The number of benzene rings is 2. The zero-order valence-electron chi connectivity index (χ0n) is 12.7. The second-order valence-corrected chi connectivity index (χ2v) is 6.09. The zero-order valence-corrected chi connectivity index (χ0v) is 13.5. The molecule has 24 heavy (non-hydrogen) atoms. The Morgan fingerprint density at radius 2 is 1.75 bits per heavy atom. The fourth-order valence-corrected chi connectivity index (χ4v) is 2.52. The Kier molecular flexibility index (Phi) is 4.75. The van der Waals surface area contributed by atoms with Crippen LogP contribution in [0, 0.1) is 10.1 Å². The maximum Gasteiger partial charge on any atom is 0.573 e. The van der Waals surface area contributed by atoms with Gasteiger partial charge < -0.3 is 4.74 Å². The van der Waals surface area contributed by atoms with Crippen LogP contribution < -0.4 is 4.74 Å². The molecular formula is C16H13ClF3NO3. The van der Waals surface area contributed by atoms with E-state index in [0.717, 1.165) is 0 Å². The van der Waals surface area contributed by atoms with Gasteiger partial charge in [0.2, 0.25) is 0 Å². The van der Waals surface area contributed by atoms with E-state index < -0.39 is 16.7 Å². The Bertz CT molecular complexity index is 775. The van der Waals surface area contributed by atoms with Crippen molar-refractivity contribution in [2.24, 2.45) is 0 Å². The van der Waals surface area contributed by atoms with Gasteiger partial charge in [0.15, 0.2) is 0 Å². The molecule has 128 valence electrons. The number of hydrogen-bond donors (Lipinski definition) is 0. The summed E-state index contributed by atoms with van der Waals surface area (Å²) in [5, 5.41) is 11.2. The summed E-state index contributed by atoms with van der Waals surface area (Å²) in [6.45, 7) is 3.46. The van der Waals surface area contributed by atoms with Gasteiger partial charge >= 0.3 is 6.36 Å². The molecular weight excluding hydrogens is 347 g/mol. The van der Waals surface area contributed by atoms with E-state index in [4.69, 9.17) is 11.6 Å². The van der Waals surface area contributed by atoms with E-state index in [-0.39, 0.29) is 16.5 Å². The number of nitro benzene ring substituents is 1. The normalized spacial score (nSPS) is 12.1. The molecule has 0 atom stereocenters. The van der Waals surface area contributed by atoms with Crippen LogP contribution in [0.4, 0.5) is 18.9 Å². The lowest BCUT2D eigenvalue weighted by molar-refractivity contribution is -0.384. The standard InChI is InChI=1S/C16H13ClF3NO3/c1-15(2,11-6-12(17)9-13(7-11)21(22)23)10-4-3-5-14(8-10)24-16(18,19)20/h3-9H,1-2H3. The van der Waals surface area contributed by atoms with Crippen LogP contribution in [0.25, 0.3) is 0 Å². The minimum atomic E-state index is -4.79. The molecule has 0 unspecified atom stereocenters. The summed E-state index contributed by atoms with van der Waals surface area (Å²) < 4.78 is 41.0. The van der Waals surface area contributed by atoms with E-state index >= 15 is 0 Å². The van der Waals surface area contributed by atoms with E-state index in [1.807, 2.05) is 0 Å². The largest absolute Gasteiger partial charge is 0.573 e. The number of alkyl halides is 3. The maximum atomic E-state index is 12.4. The number of nitrogens with zero attached hydrogens (tertiary/aromatic N) is 1. The van der Waals surface area contributed by atoms with Crippen molar-refractivity contribution in [2.45, 2.75) is 25.6 Å². The first-order valence-electron chi connectivity index (χ1n) is 6.81. The molecule has 0 aliphatic rings. The fourth-order valence-electron chi connectivity index (χ4n) is 2.29. The zero-order chi connectivity index (χ0) is 18.1. The van der Waals surface area contributed by atoms with Crippen molar-refractivity contribution in [2.75, 3.05) is 0 Å². The van der Waals surface area contributed by atoms with Gasteiger partial charge in [0, 0.05) is 22.6 Å². The van der Waals surface area contributed by atoms with Crippen LogP contribution in [0.2, 0.25) is 5.02 Å². The van der Waals surface area contributed by atoms with E-state index in [1.165, 1.54) is 30.3 Å². The lowest BCUT2D eigenvalue weighted by Gasteiger charge is -2.26. The van der Waals surface area contributed by atoms with Crippen LogP contribution in [0.1, 0.15) is 25.0 Å². The number of non-ortho nitro benzene ring substituents is 1. The lowest BCUT2D eigenvalue weighted by atomic mass is 9.78. The van der Waals surface area contributed by atoms with Crippen molar-refractivity contribution < 1.29 is 22.8 Å². The van der Waals surface area contributed by atoms with Crippen LogP contribution in [-0.2, 0) is 5.41 Å². The second-order valence-electron chi connectivity index (χ2n) is 5.66. The highest BCUT2D eigenvalue weighted by Gasteiger charge is 2.32. The molecule has 0 saturated heterocycles. The molecule has 0 radical (unpaired) electrons. The summed E-state index contributed by atoms with van der Waals surface area (Å²) in [5.74, 6) is -0.357. The highest BCUT2D eigenvalue weighted by Crippen LogP contribution is 2.37. The first-order valence-corrected chi connectivity index (χ1v) is 7.18. The molecule has 0 spiro atoms. The monoisotopic (exact) mass is 359 g/mol. The van der Waals surface area contributed by atoms with Crippen molar-refractivity contribution in [3.05, 3.63) is 68.7 Å². The molecule has 0 amide bonds. The van der Waals surface area contributed by atoms with Crippen LogP contribution in [0.5, 0.6) is 5.75 Å². The summed E-state index contributed by atoms with van der Waals surface area (Å²) in [6, 6.07) is 9.60. The van der Waals surface area contributed by atoms with Gasteiger partial charge in [-0.1, -0.05) is 37.6 Å². The quantitative estimate of drug-likeness (QED) is 0.537. The van der Waals surface area contributed by atoms with Gasteiger partial charge in [-0.25, -0.2) is 0 Å². The van der Waals surface area contributed by atoms with Gasteiger partial charge in [-0.05, 0) is 29.3 Å².